The maximum absolute atomic E-state index is 11.6. The third kappa shape index (κ3) is 2.05. The molecule has 1 aromatic carbocycles. The molecule has 16 heavy (non-hydrogen) atoms. The number of nitrogens with zero attached hydrogens (tertiary/aromatic N) is 1. The van der Waals surface area contributed by atoms with Gasteiger partial charge in [-0.2, -0.15) is 0 Å². The van der Waals surface area contributed by atoms with E-state index in [-0.39, 0.29) is 12.1 Å². The number of benzene rings is 1. The Morgan fingerprint density at radius 1 is 1.44 bits per heavy atom. The van der Waals surface area contributed by atoms with Gasteiger partial charge in [-0.15, -0.1) is 0 Å². The van der Waals surface area contributed by atoms with Crippen molar-refractivity contribution in [2.75, 3.05) is 6.61 Å². The van der Waals surface area contributed by atoms with Crippen LogP contribution in [0.4, 0.5) is 0 Å². The van der Waals surface area contributed by atoms with Crippen LogP contribution in [0.3, 0.4) is 0 Å². The first-order valence-electron chi connectivity index (χ1n) is 5.21. The molecule has 1 aliphatic rings. The lowest BCUT2D eigenvalue weighted by Gasteiger charge is -2.15. The normalized spacial score (nSPS) is 22.8. The largest absolute Gasteiger partial charge is 0.473 e. The SMILES string of the molecule is CCOC(=O)C1N=COC1c1ccccc1. The Bertz CT molecular complexity index is 389. The second kappa shape index (κ2) is 4.79. The molecule has 4 heteroatoms. The summed E-state index contributed by atoms with van der Waals surface area (Å²) in [6, 6.07) is 8.95. The van der Waals surface area contributed by atoms with Gasteiger partial charge in [-0.3, -0.25) is 0 Å². The van der Waals surface area contributed by atoms with Crippen LogP contribution in [0.1, 0.15) is 18.6 Å². The lowest BCUT2D eigenvalue weighted by atomic mass is 10.0. The van der Waals surface area contributed by atoms with Gasteiger partial charge in [0.1, 0.15) is 0 Å². The van der Waals surface area contributed by atoms with Crippen molar-refractivity contribution in [2.45, 2.75) is 19.1 Å². The summed E-state index contributed by atoms with van der Waals surface area (Å²) in [4.78, 5) is 15.6. The van der Waals surface area contributed by atoms with Crippen LogP contribution in [0.15, 0.2) is 35.3 Å². The number of carbonyl (C=O) groups is 1. The second-order valence-electron chi connectivity index (χ2n) is 3.42. The summed E-state index contributed by atoms with van der Waals surface area (Å²) in [7, 11) is 0. The van der Waals surface area contributed by atoms with E-state index in [0.717, 1.165) is 5.56 Å². The van der Waals surface area contributed by atoms with E-state index >= 15 is 0 Å². The van der Waals surface area contributed by atoms with Gasteiger partial charge in [0.15, 0.2) is 18.5 Å². The van der Waals surface area contributed by atoms with E-state index in [2.05, 4.69) is 4.99 Å². The minimum atomic E-state index is -0.581. The van der Waals surface area contributed by atoms with Crippen molar-refractivity contribution < 1.29 is 14.3 Å². The number of hydrogen-bond donors (Lipinski definition) is 0. The molecule has 0 fully saturated rings. The number of esters is 1. The third-order valence-electron chi connectivity index (χ3n) is 2.37. The highest BCUT2D eigenvalue weighted by atomic mass is 16.5. The van der Waals surface area contributed by atoms with E-state index in [1.807, 2.05) is 30.3 Å². The van der Waals surface area contributed by atoms with Crippen molar-refractivity contribution in [3.8, 4) is 0 Å². The smallest absolute Gasteiger partial charge is 0.335 e. The molecule has 0 saturated heterocycles. The van der Waals surface area contributed by atoms with E-state index in [0.29, 0.717) is 6.61 Å². The maximum atomic E-state index is 11.6. The van der Waals surface area contributed by atoms with Crippen LogP contribution in [-0.4, -0.2) is 25.0 Å². The molecule has 84 valence electrons. The molecular weight excluding hydrogens is 206 g/mol. The summed E-state index contributed by atoms with van der Waals surface area (Å²) in [5.41, 5.74) is 0.929. The summed E-state index contributed by atoms with van der Waals surface area (Å²) in [5.74, 6) is -0.342. The lowest BCUT2D eigenvalue weighted by Crippen LogP contribution is -2.26. The van der Waals surface area contributed by atoms with Crippen molar-refractivity contribution in [3.63, 3.8) is 0 Å². The fourth-order valence-corrected chi connectivity index (χ4v) is 1.63. The van der Waals surface area contributed by atoms with Gasteiger partial charge in [0, 0.05) is 0 Å². The topological polar surface area (TPSA) is 47.9 Å². The minimum Gasteiger partial charge on any atom is -0.473 e. The zero-order chi connectivity index (χ0) is 11.4. The van der Waals surface area contributed by atoms with Crippen molar-refractivity contribution in [2.24, 2.45) is 4.99 Å². The Hall–Kier alpha value is -1.84. The van der Waals surface area contributed by atoms with Crippen molar-refractivity contribution in [1.82, 2.24) is 0 Å². The first kappa shape index (κ1) is 10.7. The van der Waals surface area contributed by atoms with Crippen molar-refractivity contribution in [3.05, 3.63) is 35.9 Å². The van der Waals surface area contributed by atoms with Gasteiger partial charge in [0.2, 0.25) is 0 Å². The molecule has 0 amide bonds. The standard InChI is InChI=1S/C12H13NO3/c1-2-15-12(14)10-11(16-8-13-10)9-6-4-3-5-7-9/h3-8,10-11H,2H2,1H3. The van der Waals surface area contributed by atoms with Crippen LogP contribution >= 0.6 is 0 Å². The molecule has 2 atom stereocenters. The summed E-state index contributed by atoms with van der Waals surface area (Å²) >= 11 is 0. The van der Waals surface area contributed by atoms with Crippen molar-refractivity contribution in [1.29, 1.82) is 0 Å². The van der Waals surface area contributed by atoms with Crippen LogP contribution in [0, 0.1) is 0 Å². The molecule has 2 rings (SSSR count). The number of rotatable bonds is 3. The third-order valence-corrected chi connectivity index (χ3v) is 2.37. The fourth-order valence-electron chi connectivity index (χ4n) is 1.63. The molecule has 2 unspecified atom stereocenters. The predicted octanol–water partition coefficient (Wildman–Crippen LogP) is 1.72. The summed E-state index contributed by atoms with van der Waals surface area (Å²) in [6.07, 6.45) is 0.958. The molecule has 0 aromatic heterocycles. The van der Waals surface area contributed by atoms with Gasteiger partial charge in [0.25, 0.3) is 0 Å². The average Bonchev–Trinajstić information content (AvgIpc) is 2.79. The molecule has 1 aromatic rings. The molecule has 0 aliphatic carbocycles. The van der Waals surface area contributed by atoms with Crippen LogP contribution in [0.25, 0.3) is 0 Å². The number of ether oxygens (including phenoxy) is 2. The van der Waals surface area contributed by atoms with E-state index in [1.54, 1.807) is 6.92 Å². The van der Waals surface area contributed by atoms with Crippen LogP contribution < -0.4 is 0 Å². The second-order valence-corrected chi connectivity index (χ2v) is 3.42. The van der Waals surface area contributed by atoms with Gasteiger partial charge < -0.3 is 9.47 Å². The Kier molecular flexibility index (Phi) is 3.19. The van der Waals surface area contributed by atoms with Crippen LogP contribution in [-0.2, 0) is 14.3 Å². The minimum absolute atomic E-state index is 0.342. The van der Waals surface area contributed by atoms with Gasteiger partial charge >= 0.3 is 5.97 Å². The van der Waals surface area contributed by atoms with Gasteiger partial charge in [-0.05, 0) is 12.5 Å². The number of carbonyl (C=O) groups excluding carboxylic acids is 1. The molecule has 0 bridgehead atoms. The number of aliphatic imine (C=N–C) groups is 1. The Morgan fingerprint density at radius 2 is 2.19 bits per heavy atom. The maximum Gasteiger partial charge on any atom is 0.335 e. The summed E-state index contributed by atoms with van der Waals surface area (Å²) < 4.78 is 10.3. The van der Waals surface area contributed by atoms with Gasteiger partial charge in [-0.25, -0.2) is 9.79 Å². The Labute approximate surface area is 93.9 Å². The Morgan fingerprint density at radius 3 is 2.88 bits per heavy atom. The molecular formula is C12H13NO3. The zero-order valence-corrected chi connectivity index (χ0v) is 9.00. The van der Waals surface area contributed by atoms with E-state index in [1.165, 1.54) is 6.40 Å². The highest BCUT2D eigenvalue weighted by Crippen LogP contribution is 2.27. The number of hydrogen-bond acceptors (Lipinski definition) is 4. The molecule has 0 N–H and O–H groups in total. The summed E-state index contributed by atoms with van der Waals surface area (Å²) in [6.45, 7) is 2.13. The monoisotopic (exact) mass is 219 g/mol. The first-order valence-corrected chi connectivity index (χ1v) is 5.21. The molecule has 0 saturated carbocycles. The van der Waals surface area contributed by atoms with E-state index in [4.69, 9.17) is 9.47 Å². The molecule has 4 nitrogen and oxygen atoms in total. The highest BCUT2D eigenvalue weighted by molar-refractivity contribution is 5.80. The van der Waals surface area contributed by atoms with Gasteiger partial charge in [0.05, 0.1) is 6.61 Å². The predicted molar refractivity (Wildman–Crippen MR) is 59.2 cm³/mol. The zero-order valence-electron chi connectivity index (χ0n) is 9.00. The lowest BCUT2D eigenvalue weighted by molar-refractivity contribution is -0.146. The Balaban J connectivity index is 2.14. The molecule has 1 heterocycles. The van der Waals surface area contributed by atoms with Crippen molar-refractivity contribution >= 4 is 12.4 Å². The molecule has 1 aliphatic heterocycles. The van der Waals surface area contributed by atoms with E-state index in [9.17, 15) is 4.79 Å². The molecule has 0 radical (unpaired) electrons. The van der Waals surface area contributed by atoms with Gasteiger partial charge in [-0.1, -0.05) is 30.3 Å². The quantitative estimate of drug-likeness (QED) is 0.727. The highest BCUT2D eigenvalue weighted by Gasteiger charge is 2.34. The first-order chi connectivity index (χ1) is 7.83. The average molecular weight is 219 g/mol. The summed E-state index contributed by atoms with van der Waals surface area (Å²) in [5, 5.41) is 0. The van der Waals surface area contributed by atoms with Crippen LogP contribution in [0.5, 0.6) is 0 Å². The molecule has 0 spiro atoms. The fraction of sp³-hybridized carbons (Fsp3) is 0.333. The van der Waals surface area contributed by atoms with E-state index < -0.39 is 6.04 Å². The van der Waals surface area contributed by atoms with Crippen LogP contribution in [0.2, 0.25) is 0 Å².